The molecule has 0 radical (unpaired) electrons. The molecule has 0 aliphatic carbocycles. The first kappa shape index (κ1) is 13.3. The van der Waals surface area contributed by atoms with Gasteiger partial charge < -0.3 is 5.73 Å². The van der Waals surface area contributed by atoms with Crippen molar-refractivity contribution in [3.05, 3.63) is 29.3 Å². The molecule has 0 amide bonds. The van der Waals surface area contributed by atoms with Crippen LogP contribution in [0.3, 0.4) is 0 Å². The van der Waals surface area contributed by atoms with E-state index < -0.39 is 9.84 Å². The van der Waals surface area contributed by atoms with Gasteiger partial charge in [-0.15, -0.1) is 0 Å². The van der Waals surface area contributed by atoms with Crippen molar-refractivity contribution in [3.63, 3.8) is 0 Å². The Morgan fingerprint density at radius 1 is 1.38 bits per heavy atom. The van der Waals surface area contributed by atoms with E-state index in [1.54, 1.807) is 0 Å². The Balaban J connectivity index is 2.71. The minimum absolute atomic E-state index is 0.0428. The predicted octanol–water partition coefficient (Wildman–Crippen LogP) is 1.74. The summed E-state index contributed by atoms with van der Waals surface area (Å²) in [5.74, 6) is 0.235. The average Bonchev–Trinajstić information content (AvgIpc) is 2.17. The molecule has 1 rings (SSSR count). The quantitative estimate of drug-likeness (QED) is 0.649. The van der Waals surface area contributed by atoms with Gasteiger partial charge in [-0.3, -0.25) is 5.41 Å². The molecule has 0 aromatic heterocycles. The van der Waals surface area contributed by atoms with Crippen molar-refractivity contribution in [2.75, 3.05) is 11.5 Å². The highest BCUT2D eigenvalue weighted by molar-refractivity contribution is 8.14. The number of thioether (sulfide) groups is 1. The SMILES string of the molecule is N=C(N)SCCS(=O)(=O)c1ccc(Cl)cc1. The van der Waals surface area contributed by atoms with Gasteiger partial charge in [0.25, 0.3) is 0 Å². The first-order chi connectivity index (χ1) is 7.42. The van der Waals surface area contributed by atoms with Crippen LogP contribution in [0.25, 0.3) is 0 Å². The number of sulfone groups is 1. The number of benzene rings is 1. The Hall–Kier alpha value is -0.720. The Labute approximate surface area is 104 Å². The van der Waals surface area contributed by atoms with E-state index in [0.29, 0.717) is 5.02 Å². The number of halogens is 1. The first-order valence-electron chi connectivity index (χ1n) is 4.37. The second-order valence-electron chi connectivity index (χ2n) is 2.99. The van der Waals surface area contributed by atoms with Crippen molar-refractivity contribution in [1.29, 1.82) is 5.41 Å². The highest BCUT2D eigenvalue weighted by atomic mass is 35.5. The molecule has 88 valence electrons. The van der Waals surface area contributed by atoms with E-state index in [0.717, 1.165) is 11.8 Å². The number of hydrogen-bond donors (Lipinski definition) is 2. The van der Waals surface area contributed by atoms with Gasteiger partial charge in [0.05, 0.1) is 10.6 Å². The molecule has 1 aromatic rings. The lowest BCUT2D eigenvalue weighted by molar-refractivity contribution is 0.597. The number of nitrogens with one attached hydrogen (secondary N) is 1. The van der Waals surface area contributed by atoms with Gasteiger partial charge in [-0.1, -0.05) is 23.4 Å². The molecular weight excluding hydrogens is 268 g/mol. The lowest BCUT2D eigenvalue weighted by Gasteiger charge is -2.03. The van der Waals surface area contributed by atoms with Crippen LogP contribution in [0.15, 0.2) is 29.2 Å². The van der Waals surface area contributed by atoms with Crippen LogP contribution in [0.5, 0.6) is 0 Å². The largest absolute Gasteiger partial charge is 0.379 e. The topological polar surface area (TPSA) is 84.0 Å². The van der Waals surface area contributed by atoms with Crippen LogP contribution in [0.1, 0.15) is 0 Å². The minimum Gasteiger partial charge on any atom is -0.379 e. The van der Waals surface area contributed by atoms with Gasteiger partial charge in [0.1, 0.15) is 0 Å². The standard InChI is InChI=1S/C9H11ClN2O2S2/c10-7-1-3-8(4-2-7)16(13,14)6-5-15-9(11)12/h1-4H,5-6H2,(H3,11,12). The van der Waals surface area contributed by atoms with Gasteiger partial charge in [0, 0.05) is 10.8 Å². The normalized spacial score (nSPS) is 11.3. The van der Waals surface area contributed by atoms with E-state index in [-0.39, 0.29) is 21.6 Å². The second-order valence-corrected chi connectivity index (χ2v) is 6.67. The van der Waals surface area contributed by atoms with Gasteiger partial charge in [-0.2, -0.15) is 0 Å². The fourth-order valence-electron chi connectivity index (χ4n) is 1.02. The summed E-state index contributed by atoms with van der Waals surface area (Å²) >= 11 is 6.68. The second kappa shape index (κ2) is 5.56. The van der Waals surface area contributed by atoms with E-state index in [2.05, 4.69) is 0 Å². The maximum absolute atomic E-state index is 11.8. The number of rotatable bonds is 4. The van der Waals surface area contributed by atoms with Crippen molar-refractivity contribution >= 4 is 38.4 Å². The van der Waals surface area contributed by atoms with Gasteiger partial charge in [0.2, 0.25) is 0 Å². The van der Waals surface area contributed by atoms with Crippen molar-refractivity contribution < 1.29 is 8.42 Å². The predicted molar refractivity (Wildman–Crippen MR) is 67.9 cm³/mol. The molecule has 0 fully saturated rings. The lowest BCUT2D eigenvalue weighted by Crippen LogP contribution is -2.12. The molecule has 0 bridgehead atoms. The molecule has 4 nitrogen and oxygen atoms in total. The highest BCUT2D eigenvalue weighted by Gasteiger charge is 2.13. The molecule has 3 N–H and O–H groups in total. The zero-order valence-corrected chi connectivity index (χ0v) is 10.7. The van der Waals surface area contributed by atoms with Crippen LogP contribution in [-0.4, -0.2) is 25.1 Å². The molecular formula is C9H11ClN2O2S2. The number of hydrogen-bond acceptors (Lipinski definition) is 4. The Morgan fingerprint density at radius 2 is 1.94 bits per heavy atom. The van der Waals surface area contributed by atoms with E-state index in [4.69, 9.17) is 22.7 Å². The van der Waals surface area contributed by atoms with Crippen molar-refractivity contribution in [1.82, 2.24) is 0 Å². The summed E-state index contributed by atoms with van der Waals surface area (Å²) in [6.45, 7) is 0. The zero-order chi connectivity index (χ0) is 12.2. The molecule has 0 heterocycles. The monoisotopic (exact) mass is 278 g/mol. The maximum Gasteiger partial charge on any atom is 0.179 e. The molecule has 0 aliphatic heterocycles. The van der Waals surface area contributed by atoms with Crippen molar-refractivity contribution in [3.8, 4) is 0 Å². The summed E-state index contributed by atoms with van der Waals surface area (Å²) in [4.78, 5) is 0.237. The van der Waals surface area contributed by atoms with E-state index >= 15 is 0 Å². The van der Waals surface area contributed by atoms with Gasteiger partial charge in [0.15, 0.2) is 15.0 Å². The third kappa shape index (κ3) is 4.03. The summed E-state index contributed by atoms with van der Waals surface area (Å²) in [6, 6.07) is 6.01. The molecule has 0 atom stereocenters. The summed E-state index contributed by atoms with van der Waals surface area (Å²) in [7, 11) is -3.30. The summed E-state index contributed by atoms with van der Waals surface area (Å²) in [5.41, 5.74) is 5.11. The minimum atomic E-state index is -3.30. The molecule has 0 unspecified atom stereocenters. The number of nitrogens with two attached hydrogens (primary N) is 1. The van der Waals surface area contributed by atoms with Gasteiger partial charge >= 0.3 is 0 Å². The summed E-state index contributed by atoms with van der Waals surface area (Å²) < 4.78 is 23.5. The fraction of sp³-hybridized carbons (Fsp3) is 0.222. The first-order valence-corrected chi connectivity index (χ1v) is 7.38. The molecule has 0 saturated heterocycles. The van der Waals surface area contributed by atoms with Crippen LogP contribution >= 0.6 is 23.4 Å². The fourth-order valence-corrected chi connectivity index (χ4v) is 3.36. The summed E-state index contributed by atoms with van der Waals surface area (Å²) in [6.07, 6.45) is 0. The van der Waals surface area contributed by atoms with E-state index in [1.165, 1.54) is 24.3 Å². The molecule has 16 heavy (non-hydrogen) atoms. The van der Waals surface area contributed by atoms with Gasteiger partial charge in [-0.05, 0) is 24.3 Å². The van der Waals surface area contributed by atoms with Crippen LogP contribution in [0, 0.1) is 5.41 Å². The van der Waals surface area contributed by atoms with Crippen LogP contribution < -0.4 is 5.73 Å². The summed E-state index contributed by atoms with van der Waals surface area (Å²) in [5, 5.41) is 7.38. The Morgan fingerprint density at radius 3 is 2.44 bits per heavy atom. The molecule has 0 aliphatic rings. The smallest absolute Gasteiger partial charge is 0.179 e. The van der Waals surface area contributed by atoms with E-state index in [1.807, 2.05) is 0 Å². The molecule has 1 aromatic carbocycles. The number of amidine groups is 1. The van der Waals surface area contributed by atoms with Crippen LogP contribution in [-0.2, 0) is 9.84 Å². The average molecular weight is 279 g/mol. The van der Waals surface area contributed by atoms with Crippen LogP contribution in [0.4, 0.5) is 0 Å². The van der Waals surface area contributed by atoms with Gasteiger partial charge in [-0.25, -0.2) is 8.42 Å². The third-order valence-corrected chi connectivity index (χ3v) is 4.74. The van der Waals surface area contributed by atoms with E-state index in [9.17, 15) is 8.42 Å². The molecule has 7 heteroatoms. The molecule has 0 saturated carbocycles. The van der Waals surface area contributed by atoms with Crippen LogP contribution in [0.2, 0.25) is 5.02 Å². The Bertz CT molecular complexity index is 471. The Kier molecular flexibility index (Phi) is 4.64. The van der Waals surface area contributed by atoms with Crippen molar-refractivity contribution in [2.45, 2.75) is 4.90 Å². The van der Waals surface area contributed by atoms with Crippen molar-refractivity contribution in [2.24, 2.45) is 5.73 Å². The third-order valence-electron chi connectivity index (χ3n) is 1.78. The lowest BCUT2D eigenvalue weighted by atomic mass is 10.4. The maximum atomic E-state index is 11.8. The molecule has 0 spiro atoms. The zero-order valence-electron chi connectivity index (χ0n) is 8.31. The highest BCUT2D eigenvalue weighted by Crippen LogP contribution is 2.16.